The third-order valence-electron chi connectivity index (χ3n) is 4.48. The monoisotopic (exact) mass is 342 g/mol. The minimum atomic E-state index is 0. The fourth-order valence-electron chi connectivity index (χ4n) is 3.26. The quantitative estimate of drug-likeness (QED) is 0.643. The Balaban J connectivity index is 0.00000264. The molecule has 0 radical (unpaired) electrons. The van der Waals surface area contributed by atoms with Crippen molar-refractivity contribution in [3.63, 3.8) is 0 Å². The summed E-state index contributed by atoms with van der Waals surface area (Å²) in [6, 6.07) is 3.46. The van der Waals surface area contributed by atoms with E-state index in [4.69, 9.17) is 14.2 Å². The smallest absolute Gasteiger partial charge is 0.170 e. The Morgan fingerprint density at radius 1 is 1.04 bits per heavy atom. The van der Waals surface area contributed by atoms with Crippen molar-refractivity contribution < 1.29 is 19.0 Å². The second-order valence-electron chi connectivity index (χ2n) is 5.87. The standard InChI is InChI=1S/C18H26O4.ClH/c1-20-14-11-16(21-2)18(17(12-14)22-3)15(19)10-6-9-13-7-4-5-8-13;/h11-13H,4-10H2,1-3H3;1H. The lowest BCUT2D eigenvalue weighted by Gasteiger charge is -2.14. The van der Waals surface area contributed by atoms with Crippen molar-refractivity contribution in [2.45, 2.75) is 44.9 Å². The van der Waals surface area contributed by atoms with Crippen molar-refractivity contribution in [3.8, 4) is 17.2 Å². The van der Waals surface area contributed by atoms with Crippen molar-refractivity contribution >= 4 is 18.2 Å². The predicted octanol–water partition coefficient (Wildman–Crippen LogP) is 4.68. The van der Waals surface area contributed by atoms with Gasteiger partial charge in [-0.25, -0.2) is 0 Å². The number of benzene rings is 1. The molecule has 130 valence electrons. The highest BCUT2D eigenvalue weighted by molar-refractivity contribution is 6.01. The molecule has 1 fully saturated rings. The molecule has 1 saturated carbocycles. The van der Waals surface area contributed by atoms with Crippen LogP contribution in [0.3, 0.4) is 0 Å². The number of ether oxygens (including phenoxy) is 3. The number of methoxy groups -OCH3 is 3. The van der Waals surface area contributed by atoms with Gasteiger partial charge in [0.15, 0.2) is 5.78 Å². The molecule has 0 aliphatic heterocycles. The highest BCUT2D eigenvalue weighted by Gasteiger charge is 2.21. The summed E-state index contributed by atoms with van der Waals surface area (Å²) in [6.07, 6.45) is 7.95. The van der Waals surface area contributed by atoms with E-state index in [2.05, 4.69) is 0 Å². The zero-order chi connectivity index (χ0) is 15.9. The number of carbonyl (C=O) groups excluding carboxylic acids is 1. The van der Waals surface area contributed by atoms with Gasteiger partial charge in [0.2, 0.25) is 0 Å². The first-order valence-electron chi connectivity index (χ1n) is 8.02. The first-order valence-corrected chi connectivity index (χ1v) is 8.02. The lowest BCUT2D eigenvalue weighted by molar-refractivity contribution is 0.0971. The van der Waals surface area contributed by atoms with Gasteiger partial charge < -0.3 is 14.2 Å². The molecule has 0 unspecified atom stereocenters. The molecule has 2 rings (SSSR count). The van der Waals surface area contributed by atoms with Gasteiger partial charge in [-0.05, 0) is 12.3 Å². The second-order valence-corrected chi connectivity index (χ2v) is 5.87. The van der Waals surface area contributed by atoms with E-state index in [0.717, 1.165) is 18.8 Å². The van der Waals surface area contributed by atoms with Gasteiger partial charge in [0.1, 0.15) is 22.8 Å². The molecule has 1 aliphatic carbocycles. The molecule has 1 aromatic rings. The normalized spacial score (nSPS) is 14.2. The molecule has 1 aromatic carbocycles. The maximum Gasteiger partial charge on any atom is 0.170 e. The molecule has 4 nitrogen and oxygen atoms in total. The molecule has 0 bridgehead atoms. The predicted molar refractivity (Wildman–Crippen MR) is 93.5 cm³/mol. The van der Waals surface area contributed by atoms with Gasteiger partial charge in [0.05, 0.1) is 21.3 Å². The van der Waals surface area contributed by atoms with Crippen molar-refractivity contribution in [1.29, 1.82) is 0 Å². The number of hydrogen-bond acceptors (Lipinski definition) is 4. The van der Waals surface area contributed by atoms with Gasteiger partial charge in [0, 0.05) is 18.6 Å². The molecule has 0 N–H and O–H groups in total. The Morgan fingerprint density at radius 2 is 1.61 bits per heavy atom. The van der Waals surface area contributed by atoms with Gasteiger partial charge in [-0.1, -0.05) is 32.1 Å². The summed E-state index contributed by atoms with van der Waals surface area (Å²) in [5.41, 5.74) is 0.525. The maximum atomic E-state index is 12.6. The molecular weight excluding hydrogens is 316 g/mol. The largest absolute Gasteiger partial charge is 0.496 e. The second kappa shape index (κ2) is 9.66. The summed E-state index contributed by atoms with van der Waals surface area (Å²) >= 11 is 0. The highest BCUT2D eigenvalue weighted by Crippen LogP contribution is 2.36. The van der Waals surface area contributed by atoms with Crippen LogP contribution in [-0.2, 0) is 0 Å². The van der Waals surface area contributed by atoms with Crippen LogP contribution in [0.25, 0.3) is 0 Å². The number of rotatable bonds is 8. The van der Waals surface area contributed by atoms with Crippen LogP contribution in [0.1, 0.15) is 55.3 Å². The van der Waals surface area contributed by atoms with Gasteiger partial charge in [-0.15, -0.1) is 12.4 Å². The lowest BCUT2D eigenvalue weighted by Crippen LogP contribution is -2.06. The average Bonchev–Trinajstić information content (AvgIpc) is 3.06. The molecule has 5 heteroatoms. The van der Waals surface area contributed by atoms with Crippen LogP contribution in [0.15, 0.2) is 12.1 Å². The average molecular weight is 343 g/mol. The summed E-state index contributed by atoms with van der Waals surface area (Å²) in [6.45, 7) is 0. The van der Waals surface area contributed by atoms with E-state index in [1.807, 2.05) is 0 Å². The van der Waals surface area contributed by atoms with Gasteiger partial charge in [0.25, 0.3) is 0 Å². The summed E-state index contributed by atoms with van der Waals surface area (Å²) in [5.74, 6) is 2.54. The van der Waals surface area contributed by atoms with E-state index >= 15 is 0 Å². The maximum absolute atomic E-state index is 12.6. The van der Waals surface area contributed by atoms with E-state index in [9.17, 15) is 4.79 Å². The highest BCUT2D eigenvalue weighted by atomic mass is 35.5. The SMILES string of the molecule is COc1cc(OC)c(C(=O)CCCC2CCCC2)c(OC)c1.Cl. The minimum absolute atomic E-state index is 0. The van der Waals surface area contributed by atoms with E-state index < -0.39 is 0 Å². The van der Waals surface area contributed by atoms with E-state index in [-0.39, 0.29) is 18.2 Å². The summed E-state index contributed by atoms with van der Waals surface area (Å²) in [5, 5.41) is 0. The van der Waals surface area contributed by atoms with E-state index in [0.29, 0.717) is 29.2 Å². The third-order valence-corrected chi connectivity index (χ3v) is 4.48. The van der Waals surface area contributed by atoms with Crippen LogP contribution < -0.4 is 14.2 Å². The van der Waals surface area contributed by atoms with Crippen molar-refractivity contribution in [2.24, 2.45) is 5.92 Å². The number of halogens is 1. The Hall–Kier alpha value is -1.42. The third kappa shape index (κ3) is 5.03. The molecule has 23 heavy (non-hydrogen) atoms. The molecule has 0 amide bonds. The van der Waals surface area contributed by atoms with E-state index in [1.54, 1.807) is 33.5 Å². The van der Waals surface area contributed by atoms with Crippen molar-refractivity contribution in [3.05, 3.63) is 17.7 Å². The fraction of sp³-hybridized carbons (Fsp3) is 0.611. The van der Waals surface area contributed by atoms with Crippen LogP contribution in [0.2, 0.25) is 0 Å². The fourth-order valence-corrected chi connectivity index (χ4v) is 3.26. The van der Waals surface area contributed by atoms with Crippen LogP contribution in [0, 0.1) is 5.92 Å². The molecule has 0 aromatic heterocycles. The van der Waals surface area contributed by atoms with Crippen LogP contribution in [-0.4, -0.2) is 27.1 Å². The zero-order valence-electron chi connectivity index (χ0n) is 14.2. The van der Waals surface area contributed by atoms with Crippen molar-refractivity contribution in [2.75, 3.05) is 21.3 Å². The Morgan fingerprint density at radius 3 is 2.09 bits per heavy atom. The Labute approximate surface area is 144 Å². The summed E-state index contributed by atoms with van der Waals surface area (Å²) in [7, 11) is 4.70. The van der Waals surface area contributed by atoms with Crippen LogP contribution in [0.4, 0.5) is 0 Å². The number of hydrogen-bond donors (Lipinski definition) is 0. The summed E-state index contributed by atoms with van der Waals surface area (Å²) < 4.78 is 15.9. The Bertz CT molecular complexity index is 485. The first-order chi connectivity index (χ1) is 10.7. The summed E-state index contributed by atoms with van der Waals surface area (Å²) in [4.78, 5) is 12.6. The molecule has 0 saturated heterocycles. The number of carbonyl (C=O) groups is 1. The lowest BCUT2D eigenvalue weighted by atomic mass is 9.97. The molecule has 0 heterocycles. The van der Waals surface area contributed by atoms with Gasteiger partial charge >= 0.3 is 0 Å². The van der Waals surface area contributed by atoms with E-state index in [1.165, 1.54) is 25.7 Å². The van der Waals surface area contributed by atoms with Crippen LogP contribution >= 0.6 is 12.4 Å². The molecular formula is C18H27ClO4. The van der Waals surface area contributed by atoms with Crippen LogP contribution in [0.5, 0.6) is 17.2 Å². The topological polar surface area (TPSA) is 44.8 Å². The zero-order valence-corrected chi connectivity index (χ0v) is 15.0. The van der Waals surface area contributed by atoms with Gasteiger partial charge in [-0.2, -0.15) is 0 Å². The molecule has 0 spiro atoms. The first kappa shape index (κ1) is 19.6. The number of ketones is 1. The Kier molecular flexibility index (Phi) is 8.24. The van der Waals surface area contributed by atoms with Gasteiger partial charge in [-0.3, -0.25) is 4.79 Å². The van der Waals surface area contributed by atoms with Crippen molar-refractivity contribution in [1.82, 2.24) is 0 Å². The minimum Gasteiger partial charge on any atom is -0.496 e. The number of Topliss-reactive ketones (excluding diaryl/α,β-unsaturated/α-hetero) is 1. The molecule has 0 atom stereocenters. The molecule has 1 aliphatic rings.